The second-order valence-corrected chi connectivity index (χ2v) is 1.42. The highest BCUT2D eigenvalue weighted by Crippen LogP contribution is 2.10. The zero-order chi connectivity index (χ0) is 8.57. The van der Waals surface area contributed by atoms with Gasteiger partial charge >= 0.3 is 6.08 Å². The second kappa shape index (κ2) is 8.58. The summed E-state index contributed by atoms with van der Waals surface area (Å²) in [4.78, 5) is 0. The summed E-state index contributed by atoms with van der Waals surface area (Å²) < 4.78 is 32.0. The molecule has 0 saturated carbocycles. The highest BCUT2D eigenvalue weighted by Gasteiger charge is 1.93. The first kappa shape index (κ1) is 12.3. The molecule has 0 amide bonds. The Morgan fingerprint density at radius 2 is 1.70 bits per heavy atom. The maximum absolute atomic E-state index is 10.8. The van der Waals surface area contributed by atoms with E-state index >= 15 is 0 Å². The fourth-order valence-corrected chi connectivity index (χ4v) is 0. The summed E-state index contributed by atoms with van der Waals surface area (Å²) in [7, 11) is 0. The van der Waals surface area contributed by atoms with Crippen LogP contribution in [0.25, 0.3) is 0 Å². The Morgan fingerprint density at radius 3 is 1.70 bits per heavy atom. The van der Waals surface area contributed by atoms with E-state index in [1.807, 2.05) is 0 Å². The molecule has 60 valence electrons. The van der Waals surface area contributed by atoms with E-state index in [4.69, 9.17) is 5.11 Å². The molecule has 0 unspecified atom stereocenters. The van der Waals surface area contributed by atoms with Crippen LogP contribution in [0.2, 0.25) is 0 Å². The van der Waals surface area contributed by atoms with Gasteiger partial charge in [0.2, 0.25) is 5.16 Å². The minimum atomic E-state index is -2.38. The number of thiol groups is 1. The molecule has 1 nitrogen and oxygen atoms in total. The molecule has 0 bridgehead atoms. The third-order valence-corrected chi connectivity index (χ3v) is 0.454. The van der Waals surface area contributed by atoms with Gasteiger partial charge in [0, 0.05) is 0 Å². The predicted octanol–water partition coefficient (Wildman–Crippen LogP) is 2.12. The topological polar surface area (TPSA) is 20.2 Å². The van der Waals surface area contributed by atoms with Crippen LogP contribution in [0.4, 0.5) is 13.2 Å². The van der Waals surface area contributed by atoms with Crippen LogP contribution in [-0.4, -0.2) is 11.7 Å². The quantitative estimate of drug-likeness (QED) is 0.458. The highest BCUT2D eigenvalue weighted by molar-refractivity contribution is 7.84. The van der Waals surface area contributed by atoms with Gasteiger partial charge in [0.1, 0.15) is 0 Å². The lowest BCUT2D eigenvalue weighted by molar-refractivity contribution is 0.343. The summed E-state index contributed by atoms with van der Waals surface area (Å²) in [5.74, 6) is 0. The van der Waals surface area contributed by atoms with Crippen molar-refractivity contribution in [1.82, 2.24) is 0 Å². The third kappa shape index (κ3) is 15.6. The summed E-state index contributed by atoms with van der Waals surface area (Å²) >= 11 is 2.66. The van der Waals surface area contributed by atoms with Crippen LogP contribution in [-0.2, 0) is 0 Å². The van der Waals surface area contributed by atoms with Crippen LogP contribution < -0.4 is 0 Å². The van der Waals surface area contributed by atoms with Crippen LogP contribution >= 0.6 is 12.6 Å². The Bertz CT molecular complexity index is 106. The molecule has 0 saturated heterocycles. The Morgan fingerprint density at radius 1 is 1.50 bits per heavy atom. The third-order valence-electron chi connectivity index (χ3n) is 0.285. The van der Waals surface area contributed by atoms with E-state index < -0.39 is 11.2 Å². The summed E-state index contributed by atoms with van der Waals surface area (Å²) in [6.45, 7) is 3.31. The van der Waals surface area contributed by atoms with Gasteiger partial charge in [-0.3, -0.25) is 0 Å². The Labute approximate surface area is 62.3 Å². The van der Waals surface area contributed by atoms with Crippen LogP contribution in [0.15, 0.2) is 23.9 Å². The zero-order valence-corrected chi connectivity index (χ0v) is 5.91. The van der Waals surface area contributed by atoms with E-state index in [1.54, 1.807) is 0 Å². The van der Waals surface area contributed by atoms with Gasteiger partial charge in [0.15, 0.2) is 0 Å². The molecule has 0 aliphatic carbocycles. The van der Waals surface area contributed by atoms with Gasteiger partial charge < -0.3 is 5.11 Å². The van der Waals surface area contributed by atoms with E-state index in [0.717, 1.165) is 0 Å². The van der Waals surface area contributed by atoms with Gasteiger partial charge in [-0.1, -0.05) is 6.08 Å². The Kier molecular flexibility index (Phi) is 10.5. The first-order valence-corrected chi connectivity index (χ1v) is 2.62. The predicted molar refractivity (Wildman–Crippen MR) is 36.6 cm³/mol. The van der Waals surface area contributed by atoms with E-state index in [0.29, 0.717) is 0 Å². The normalized spacial score (nSPS) is 7.30. The number of aliphatic hydroxyl groups excluding tert-OH is 1. The molecule has 0 aromatic carbocycles. The molecule has 5 heteroatoms. The lowest BCUT2D eigenvalue weighted by Gasteiger charge is -1.72. The first-order chi connectivity index (χ1) is 4.56. The van der Waals surface area contributed by atoms with Crippen LogP contribution in [0.5, 0.6) is 0 Å². The molecular weight excluding hydrogens is 165 g/mol. The fourth-order valence-electron chi connectivity index (χ4n) is 0. The fraction of sp³-hybridized carbons (Fsp3) is 0.200. The smallest absolute Gasteiger partial charge is 0.312 e. The van der Waals surface area contributed by atoms with Crippen molar-refractivity contribution in [1.29, 1.82) is 0 Å². The maximum atomic E-state index is 10.8. The van der Waals surface area contributed by atoms with Gasteiger partial charge in [-0.2, -0.15) is 13.2 Å². The van der Waals surface area contributed by atoms with E-state index in [2.05, 4.69) is 19.2 Å². The van der Waals surface area contributed by atoms with Crippen molar-refractivity contribution in [2.24, 2.45) is 0 Å². The molecule has 0 aliphatic rings. The molecule has 10 heavy (non-hydrogen) atoms. The van der Waals surface area contributed by atoms with Crippen molar-refractivity contribution in [2.45, 2.75) is 0 Å². The van der Waals surface area contributed by atoms with Crippen molar-refractivity contribution in [3.05, 3.63) is 23.9 Å². The number of rotatable bonds is 1. The van der Waals surface area contributed by atoms with Gasteiger partial charge in [-0.05, 0) is 0 Å². The Hall–Kier alpha value is -0.420. The monoisotopic (exact) mass is 172 g/mol. The molecule has 0 heterocycles. The largest absolute Gasteiger partial charge is 0.392 e. The number of hydrogen-bond donors (Lipinski definition) is 2. The average molecular weight is 172 g/mol. The second-order valence-electron chi connectivity index (χ2n) is 1.02. The van der Waals surface area contributed by atoms with Crippen LogP contribution in [0.3, 0.4) is 0 Å². The van der Waals surface area contributed by atoms with Crippen molar-refractivity contribution in [3.63, 3.8) is 0 Å². The van der Waals surface area contributed by atoms with Crippen molar-refractivity contribution in [3.8, 4) is 0 Å². The van der Waals surface area contributed by atoms with Crippen LogP contribution in [0.1, 0.15) is 0 Å². The van der Waals surface area contributed by atoms with Crippen molar-refractivity contribution < 1.29 is 18.3 Å². The van der Waals surface area contributed by atoms with Gasteiger partial charge in [0.05, 0.1) is 6.61 Å². The lowest BCUT2D eigenvalue weighted by atomic mass is 10.7. The zero-order valence-electron chi connectivity index (χ0n) is 5.02. The van der Waals surface area contributed by atoms with Gasteiger partial charge in [-0.25, -0.2) is 0 Å². The molecule has 0 atom stereocenters. The van der Waals surface area contributed by atoms with Crippen LogP contribution in [0, 0.1) is 0 Å². The molecule has 0 rings (SSSR count). The minimum absolute atomic E-state index is 0.0833. The lowest BCUT2D eigenvalue weighted by Crippen LogP contribution is -1.62. The highest BCUT2D eigenvalue weighted by atomic mass is 32.1. The summed E-state index contributed by atoms with van der Waals surface area (Å²) in [6, 6.07) is 0. The number of halogens is 3. The molecule has 0 radical (unpaired) electrons. The van der Waals surface area contributed by atoms with E-state index in [-0.39, 0.29) is 6.61 Å². The molecule has 0 aromatic rings. The maximum Gasteiger partial charge on any atom is 0.312 e. The summed E-state index contributed by atoms with van der Waals surface area (Å²) in [5.41, 5.74) is 0. The summed E-state index contributed by atoms with van der Waals surface area (Å²) in [6.07, 6.45) is -0.946. The molecule has 0 spiro atoms. The molecular formula is C5H7F3OS. The number of hydrogen-bond acceptors (Lipinski definition) is 2. The molecule has 1 N–H and O–H groups in total. The average Bonchev–Trinajstić information content (AvgIpc) is 1.89. The van der Waals surface area contributed by atoms with Gasteiger partial charge in [0.25, 0.3) is 0 Å². The minimum Gasteiger partial charge on any atom is -0.392 e. The number of aliphatic hydroxyl groups is 1. The van der Waals surface area contributed by atoms with E-state index in [9.17, 15) is 13.2 Å². The molecule has 0 aliphatic heterocycles. The van der Waals surface area contributed by atoms with Crippen molar-refractivity contribution >= 4 is 12.6 Å². The van der Waals surface area contributed by atoms with Crippen molar-refractivity contribution in [2.75, 3.05) is 6.61 Å². The Balaban J connectivity index is 0. The van der Waals surface area contributed by atoms with E-state index in [1.165, 1.54) is 6.08 Å². The molecule has 0 fully saturated rings. The summed E-state index contributed by atoms with van der Waals surface area (Å²) in [5, 5.41) is 6.04. The van der Waals surface area contributed by atoms with Gasteiger partial charge in [-0.15, -0.1) is 19.2 Å². The SMILES string of the molecule is C=CCO.FC(F)=C(F)S. The molecule has 0 aromatic heterocycles. The first-order valence-electron chi connectivity index (χ1n) is 2.17. The standard InChI is InChI=1S/C3H6O.C2HF3S/c1-2-3-4;3-1(4)2(5)6/h2,4H,1,3H2;6H.